The summed E-state index contributed by atoms with van der Waals surface area (Å²) in [5, 5.41) is 8.36. The Hall–Kier alpha value is -2.57. The molecule has 0 saturated heterocycles. The van der Waals surface area contributed by atoms with Crippen LogP contribution in [0.2, 0.25) is 10.2 Å². The van der Waals surface area contributed by atoms with Gasteiger partial charge in [0.1, 0.15) is 16.9 Å². The van der Waals surface area contributed by atoms with Crippen molar-refractivity contribution in [1.29, 1.82) is 0 Å². The second kappa shape index (κ2) is 6.06. The summed E-state index contributed by atoms with van der Waals surface area (Å²) in [5.41, 5.74) is 2.43. The number of rotatable bonds is 2. The summed E-state index contributed by atoms with van der Waals surface area (Å²) in [6.45, 7) is 0. The molecule has 6 nitrogen and oxygen atoms in total. The third kappa shape index (κ3) is 3.06. The van der Waals surface area contributed by atoms with Gasteiger partial charge in [-0.1, -0.05) is 29.3 Å². The number of carbonyl (C=O) groups excluding carboxylic acids is 2. The van der Waals surface area contributed by atoms with Crippen LogP contribution in [0, 0.1) is 0 Å². The number of aromatic amines is 1. The maximum absolute atomic E-state index is 12.5. The summed E-state index contributed by atoms with van der Waals surface area (Å²) in [6.07, 6.45) is 1.92. The van der Waals surface area contributed by atoms with E-state index in [-0.39, 0.29) is 0 Å². The molecule has 1 radical (unpaired) electrons. The minimum atomic E-state index is -0.714. The standard InChI is InChI=1S/C17H11Cl2N4O2/c18-10-2-1-8-3-13(17(25)22-11(8)6-10)23-16(24)12-4-9-5-15(19)20-7-14(9)21-12/h1-2,4-7,13,21H,3H2,(H,23,24). The van der Waals surface area contributed by atoms with Gasteiger partial charge >= 0.3 is 0 Å². The smallest absolute Gasteiger partial charge is 0.269 e. The van der Waals surface area contributed by atoms with Crippen molar-refractivity contribution in [3.05, 3.63) is 58.0 Å². The van der Waals surface area contributed by atoms with Crippen molar-refractivity contribution < 1.29 is 9.59 Å². The summed E-state index contributed by atoms with van der Waals surface area (Å²) in [7, 11) is 0. The molecule has 0 saturated carbocycles. The molecule has 2 amide bonds. The van der Waals surface area contributed by atoms with E-state index in [1.165, 1.54) is 0 Å². The third-order valence-corrected chi connectivity index (χ3v) is 4.46. The average molecular weight is 374 g/mol. The fraction of sp³-hybridized carbons (Fsp3) is 0.118. The number of carbonyl (C=O) groups is 2. The largest absolute Gasteiger partial charge is 0.349 e. The van der Waals surface area contributed by atoms with Gasteiger partial charge in [-0.25, -0.2) is 10.3 Å². The van der Waals surface area contributed by atoms with Crippen molar-refractivity contribution in [2.24, 2.45) is 0 Å². The van der Waals surface area contributed by atoms with Gasteiger partial charge in [0.25, 0.3) is 11.8 Å². The minimum Gasteiger partial charge on any atom is -0.349 e. The lowest BCUT2D eigenvalue weighted by atomic mass is 9.99. The first kappa shape index (κ1) is 15.9. The van der Waals surface area contributed by atoms with Crippen molar-refractivity contribution >= 4 is 51.6 Å². The lowest BCUT2D eigenvalue weighted by molar-refractivity contribution is -0.122. The molecule has 0 spiro atoms. The van der Waals surface area contributed by atoms with Gasteiger partial charge in [-0.15, -0.1) is 0 Å². The lowest BCUT2D eigenvalue weighted by Gasteiger charge is -2.23. The molecule has 0 fully saturated rings. The van der Waals surface area contributed by atoms with Crippen LogP contribution >= 0.6 is 23.2 Å². The normalized spacial score (nSPS) is 16.4. The van der Waals surface area contributed by atoms with E-state index in [0.717, 1.165) is 10.9 Å². The van der Waals surface area contributed by atoms with Crippen LogP contribution in [0.5, 0.6) is 0 Å². The fourth-order valence-corrected chi connectivity index (χ4v) is 3.13. The first-order valence-corrected chi connectivity index (χ1v) is 8.24. The first-order chi connectivity index (χ1) is 12.0. The van der Waals surface area contributed by atoms with Crippen molar-refractivity contribution in [1.82, 2.24) is 20.6 Å². The number of amides is 2. The summed E-state index contributed by atoms with van der Waals surface area (Å²) >= 11 is 11.8. The molecule has 125 valence electrons. The zero-order valence-corrected chi connectivity index (χ0v) is 14.2. The van der Waals surface area contributed by atoms with Crippen LogP contribution in [0.15, 0.2) is 36.5 Å². The lowest BCUT2D eigenvalue weighted by Crippen LogP contribution is -2.47. The van der Waals surface area contributed by atoms with E-state index in [4.69, 9.17) is 23.2 Å². The monoisotopic (exact) mass is 373 g/mol. The Morgan fingerprint density at radius 1 is 1.24 bits per heavy atom. The second-order valence-corrected chi connectivity index (χ2v) is 6.55. The number of nitrogens with one attached hydrogen (secondary N) is 2. The highest BCUT2D eigenvalue weighted by Gasteiger charge is 2.29. The van der Waals surface area contributed by atoms with E-state index in [1.807, 2.05) is 6.07 Å². The third-order valence-electron chi connectivity index (χ3n) is 4.02. The second-order valence-electron chi connectivity index (χ2n) is 5.73. The van der Waals surface area contributed by atoms with E-state index < -0.39 is 17.9 Å². The van der Waals surface area contributed by atoms with E-state index in [9.17, 15) is 9.59 Å². The maximum atomic E-state index is 12.5. The molecule has 0 aliphatic carbocycles. The molecule has 0 bridgehead atoms. The Kier molecular flexibility index (Phi) is 3.86. The number of benzene rings is 1. The van der Waals surface area contributed by atoms with Crippen LogP contribution < -0.4 is 10.6 Å². The highest BCUT2D eigenvalue weighted by atomic mass is 35.5. The van der Waals surface area contributed by atoms with Crippen molar-refractivity contribution in [3.63, 3.8) is 0 Å². The zero-order valence-electron chi connectivity index (χ0n) is 12.7. The van der Waals surface area contributed by atoms with Crippen LogP contribution in [0.4, 0.5) is 5.69 Å². The van der Waals surface area contributed by atoms with Crippen LogP contribution in [-0.2, 0) is 11.2 Å². The summed E-state index contributed by atoms with van der Waals surface area (Å²) in [5.74, 6) is -0.790. The number of nitrogens with zero attached hydrogens (tertiary/aromatic N) is 2. The zero-order chi connectivity index (χ0) is 17.6. The number of hydrogen-bond donors (Lipinski definition) is 2. The molecular formula is C17H11Cl2N4O2. The van der Waals surface area contributed by atoms with E-state index >= 15 is 0 Å². The molecule has 2 aromatic heterocycles. The average Bonchev–Trinajstić information content (AvgIpc) is 2.99. The van der Waals surface area contributed by atoms with Gasteiger partial charge in [-0.05, 0) is 29.8 Å². The van der Waals surface area contributed by atoms with E-state index in [0.29, 0.717) is 33.5 Å². The topological polar surface area (TPSA) is 88.9 Å². The Morgan fingerprint density at radius 3 is 2.92 bits per heavy atom. The van der Waals surface area contributed by atoms with Crippen molar-refractivity contribution in [3.8, 4) is 0 Å². The Balaban J connectivity index is 1.55. The Morgan fingerprint density at radius 2 is 2.08 bits per heavy atom. The SMILES string of the molecule is O=C(NC1Cc2ccc(Cl)cc2[N]C1=O)c1cc2cc(Cl)ncc2[nH]1. The number of H-pyrrole nitrogens is 1. The molecule has 1 aliphatic rings. The molecule has 1 atom stereocenters. The predicted octanol–water partition coefficient (Wildman–Crippen LogP) is 2.99. The molecule has 2 N–H and O–H groups in total. The van der Waals surface area contributed by atoms with Gasteiger partial charge in [0.05, 0.1) is 17.4 Å². The first-order valence-electron chi connectivity index (χ1n) is 7.49. The van der Waals surface area contributed by atoms with E-state index in [2.05, 4.69) is 20.6 Å². The van der Waals surface area contributed by atoms with Crippen molar-refractivity contribution in [2.75, 3.05) is 0 Å². The highest BCUT2D eigenvalue weighted by molar-refractivity contribution is 6.31. The van der Waals surface area contributed by atoms with Crippen LogP contribution in [-0.4, -0.2) is 27.8 Å². The van der Waals surface area contributed by atoms with Gasteiger partial charge in [-0.2, -0.15) is 0 Å². The number of pyridine rings is 1. The minimum absolute atomic E-state index is 0.328. The van der Waals surface area contributed by atoms with Crippen molar-refractivity contribution in [2.45, 2.75) is 12.5 Å². The summed E-state index contributed by atoms with van der Waals surface area (Å²) in [6, 6.07) is 7.79. The molecule has 1 unspecified atom stereocenters. The Bertz CT molecular complexity index is 1020. The fourth-order valence-electron chi connectivity index (χ4n) is 2.79. The number of fused-ring (bicyclic) bond motifs is 2. The van der Waals surface area contributed by atoms with Gasteiger partial charge in [0.15, 0.2) is 0 Å². The summed E-state index contributed by atoms with van der Waals surface area (Å²) < 4.78 is 0. The van der Waals surface area contributed by atoms with Crippen LogP contribution in [0.1, 0.15) is 16.1 Å². The molecule has 1 aromatic carbocycles. The van der Waals surface area contributed by atoms with Crippen LogP contribution in [0.3, 0.4) is 0 Å². The molecule has 25 heavy (non-hydrogen) atoms. The van der Waals surface area contributed by atoms with Gasteiger partial charge in [0.2, 0.25) is 0 Å². The number of hydrogen-bond acceptors (Lipinski definition) is 3. The van der Waals surface area contributed by atoms with Gasteiger partial charge in [0, 0.05) is 16.8 Å². The van der Waals surface area contributed by atoms with Gasteiger partial charge in [-0.3, -0.25) is 9.59 Å². The summed E-state index contributed by atoms with van der Waals surface area (Å²) in [4.78, 5) is 31.6. The molecule has 8 heteroatoms. The molecular weight excluding hydrogens is 363 g/mol. The maximum Gasteiger partial charge on any atom is 0.269 e. The quantitative estimate of drug-likeness (QED) is 0.676. The molecule has 1 aliphatic heterocycles. The predicted molar refractivity (Wildman–Crippen MR) is 94.3 cm³/mol. The molecule has 3 heterocycles. The molecule has 3 aromatic rings. The van der Waals surface area contributed by atoms with E-state index in [1.54, 1.807) is 30.5 Å². The van der Waals surface area contributed by atoms with Crippen LogP contribution in [0.25, 0.3) is 10.9 Å². The highest BCUT2D eigenvalue weighted by Crippen LogP contribution is 2.26. The number of halogens is 2. The Labute approximate surface area is 152 Å². The molecule has 4 rings (SSSR count). The number of aromatic nitrogens is 2. The van der Waals surface area contributed by atoms with Gasteiger partial charge < -0.3 is 10.3 Å².